The van der Waals surface area contributed by atoms with E-state index in [4.69, 9.17) is 0 Å². The Morgan fingerprint density at radius 1 is 1.32 bits per heavy atom. The topological polar surface area (TPSA) is 96.0 Å². The minimum Gasteiger partial charge on any atom is -0.384 e. The molecule has 2 aromatic rings. The number of sulfonamides is 1. The summed E-state index contributed by atoms with van der Waals surface area (Å²) in [5, 5.41) is 6.64. The van der Waals surface area contributed by atoms with Crippen LogP contribution in [0.4, 0.5) is 15.2 Å². The van der Waals surface area contributed by atoms with Gasteiger partial charge in [0.25, 0.3) is 10.0 Å². The largest absolute Gasteiger partial charge is 0.384 e. The first kappa shape index (κ1) is 21.4. The van der Waals surface area contributed by atoms with Gasteiger partial charge in [-0.1, -0.05) is 12.8 Å². The molecule has 1 aromatic carbocycles. The van der Waals surface area contributed by atoms with Crippen LogP contribution in [0.15, 0.2) is 27.8 Å². The molecule has 0 unspecified atom stereocenters. The van der Waals surface area contributed by atoms with Crippen molar-refractivity contribution in [2.24, 2.45) is 5.92 Å². The second-order valence-electron chi connectivity index (χ2n) is 6.75. The minimum absolute atomic E-state index is 0.0890. The molecule has 11 heteroatoms. The fraction of sp³-hybridized carbons (Fsp3) is 0.529. The second kappa shape index (κ2) is 9.95. The average molecular weight is 492 g/mol. The van der Waals surface area contributed by atoms with E-state index < -0.39 is 20.7 Å². The lowest BCUT2D eigenvalue weighted by Gasteiger charge is -2.12. The van der Waals surface area contributed by atoms with E-state index in [0.29, 0.717) is 16.7 Å². The predicted molar refractivity (Wildman–Crippen MR) is 113 cm³/mol. The van der Waals surface area contributed by atoms with Gasteiger partial charge in [-0.3, -0.25) is 4.72 Å². The maximum absolute atomic E-state index is 14.4. The van der Waals surface area contributed by atoms with Crippen molar-refractivity contribution in [1.82, 2.24) is 14.7 Å². The van der Waals surface area contributed by atoms with Gasteiger partial charge in [-0.2, -0.15) is 4.37 Å². The summed E-state index contributed by atoms with van der Waals surface area (Å²) >= 11 is 4.21. The van der Waals surface area contributed by atoms with Gasteiger partial charge in [0, 0.05) is 22.5 Å². The lowest BCUT2D eigenvalue weighted by molar-refractivity contribution is 0.493. The van der Waals surface area contributed by atoms with Crippen LogP contribution in [0.2, 0.25) is 0 Å². The normalized spacial score (nSPS) is 17.0. The zero-order valence-electron chi connectivity index (χ0n) is 15.2. The Kier molecular flexibility index (Phi) is 7.61. The smallest absolute Gasteiger partial charge is 0.266 e. The molecule has 7 nitrogen and oxygen atoms in total. The number of halogens is 2. The molecule has 3 N–H and O–H groups in total. The summed E-state index contributed by atoms with van der Waals surface area (Å²) < 4.78 is 45.6. The first-order chi connectivity index (χ1) is 13.5. The fourth-order valence-corrected chi connectivity index (χ4v) is 5.56. The molecule has 2 heterocycles. The monoisotopic (exact) mass is 491 g/mol. The average Bonchev–Trinajstić information content (AvgIpc) is 3.34. The third kappa shape index (κ3) is 5.85. The van der Waals surface area contributed by atoms with Crippen molar-refractivity contribution in [2.75, 3.05) is 29.7 Å². The molecule has 1 saturated heterocycles. The van der Waals surface area contributed by atoms with Crippen LogP contribution in [0.1, 0.15) is 32.1 Å². The van der Waals surface area contributed by atoms with Crippen LogP contribution in [0, 0.1) is 11.7 Å². The summed E-state index contributed by atoms with van der Waals surface area (Å²) in [4.78, 5) is 3.31. The quantitative estimate of drug-likeness (QED) is 0.437. The Bertz CT molecular complexity index is 874. The number of nitrogens with one attached hydrogen (secondary N) is 3. The van der Waals surface area contributed by atoms with E-state index in [1.54, 1.807) is 0 Å². The molecular weight excluding hydrogens is 469 g/mol. The SMILES string of the molecule is O=S(=O)(Nc1ncns1)c1cc(Br)c(NCCCCC[C@H]2CCNC2)cc1F. The summed E-state index contributed by atoms with van der Waals surface area (Å²) in [6.07, 6.45) is 7.03. The van der Waals surface area contributed by atoms with E-state index in [1.807, 2.05) is 0 Å². The van der Waals surface area contributed by atoms with E-state index >= 15 is 0 Å². The van der Waals surface area contributed by atoms with Crippen LogP contribution in [0.25, 0.3) is 0 Å². The Labute approximate surface area is 176 Å². The number of unbranched alkanes of at least 4 members (excludes halogenated alkanes) is 2. The molecule has 0 spiro atoms. The van der Waals surface area contributed by atoms with Crippen molar-refractivity contribution < 1.29 is 12.8 Å². The van der Waals surface area contributed by atoms with Gasteiger partial charge in [0.2, 0.25) is 5.13 Å². The maximum Gasteiger partial charge on any atom is 0.266 e. The minimum atomic E-state index is -4.07. The van der Waals surface area contributed by atoms with E-state index in [-0.39, 0.29) is 5.13 Å². The molecule has 3 rings (SSSR count). The molecule has 0 amide bonds. The van der Waals surface area contributed by atoms with Crippen LogP contribution >= 0.6 is 27.5 Å². The third-order valence-electron chi connectivity index (χ3n) is 4.66. The van der Waals surface area contributed by atoms with Gasteiger partial charge in [-0.15, -0.1) is 0 Å². The molecule has 0 radical (unpaired) electrons. The lowest BCUT2D eigenvalue weighted by Crippen LogP contribution is -2.15. The summed E-state index contributed by atoms with van der Waals surface area (Å²) in [5.74, 6) is -0.0177. The van der Waals surface area contributed by atoms with Crippen molar-refractivity contribution in [3.63, 3.8) is 0 Å². The van der Waals surface area contributed by atoms with Crippen molar-refractivity contribution in [2.45, 2.75) is 37.0 Å². The second-order valence-corrected chi connectivity index (χ2v) is 10.0. The molecule has 1 aliphatic heterocycles. The zero-order valence-corrected chi connectivity index (χ0v) is 18.5. The van der Waals surface area contributed by atoms with Crippen molar-refractivity contribution in [1.29, 1.82) is 0 Å². The highest BCUT2D eigenvalue weighted by Crippen LogP contribution is 2.29. The van der Waals surface area contributed by atoms with E-state index in [2.05, 4.69) is 40.6 Å². The fourth-order valence-electron chi connectivity index (χ4n) is 3.18. The highest BCUT2D eigenvalue weighted by Gasteiger charge is 2.22. The van der Waals surface area contributed by atoms with Crippen LogP contribution < -0.4 is 15.4 Å². The molecule has 1 fully saturated rings. The van der Waals surface area contributed by atoms with Gasteiger partial charge in [0.1, 0.15) is 17.0 Å². The summed E-state index contributed by atoms with van der Waals surface area (Å²) in [7, 11) is -4.07. The van der Waals surface area contributed by atoms with Crippen molar-refractivity contribution in [3.8, 4) is 0 Å². The molecule has 1 aliphatic rings. The van der Waals surface area contributed by atoms with E-state index in [0.717, 1.165) is 43.4 Å². The summed E-state index contributed by atoms with van der Waals surface area (Å²) in [6.45, 7) is 2.97. The number of anilines is 2. The Morgan fingerprint density at radius 2 is 2.18 bits per heavy atom. The third-order valence-corrected chi connectivity index (χ3v) is 7.38. The summed E-state index contributed by atoms with van der Waals surface area (Å²) in [5.41, 5.74) is 0.535. The molecule has 1 aromatic heterocycles. The number of benzene rings is 1. The molecule has 0 aliphatic carbocycles. The van der Waals surface area contributed by atoms with Crippen molar-refractivity contribution in [3.05, 3.63) is 28.7 Å². The van der Waals surface area contributed by atoms with Gasteiger partial charge in [-0.05, 0) is 66.3 Å². The Balaban J connectivity index is 1.51. The number of rotatable bonds is 10. The number of hydrogen-bond donors (Lipinski definition) is 3. The van der Waals surface area contributed by atoms with Crippen LogP contribution in [-0.4, -0.2) is 37.4 Å². The highest BCUT2D eigenvalue weighted by atomic mass is 79.9. The van der Waals surface area contributed by atoms with Crippen LogP contribution in [0.3, 0.4) is 0 Å². The summed E-state index contributed by atoms with van der Waals surface area (Å²) in [6, 6.07) is 2.46. The number of aromatic nitrogens is 2. The van der Waals surface area contributed by atoms with Crippen LogP contribution in [0.5, 0.6) is 0 Å². The van der Waals surface area contributed by atoms with E-state index in [1.165, 1.54) is 37.7 Å². The van der Waals surface area contributed by atoms with E-state index in [9.17, 15) is 12.8 Å². The predicted octanol–water partition coefficient (Wildman–Crippen LogP) is 3.82. The Morgan fingerprint density at radius 3 is 2.89 bits per heavy atom. The van der Waals surface area contributed by atoms with Gasteiger partial charge in [0.15, 0.2) is 0 Å². The van der Waals surface area contributed by atoms with Gasteiger partial charge in [0.05, 0.1) is 5.69 Å². The van der Waals surface area contributed by atoms with Crippen LogP contribution in [-0.2, 0) is 10.0 Å². The molecule has 1 atom stereocenters. The van der Waals surface area contributed by atoms with Crippen molar-refractivity contribution >= 4 is 48.3 Å². The standard InChI is InChI=1S/C17H23BrFN5O2S2/c18-13-8-16(28(25,26)24-17-22-11-23-27-17)14(19)9-15(13)21-6-3-1-2-4-12-5-7-20-10-12/h8-9,11-12,20-21H,1-7,10H2,(H,22,23,24)/t12-/m0/s1. The van der Waals surface area contributed by atoms with Gasteiger partial charge in [-0.25, -0.2) is 17.8 Å². The Hall–Kier alpha value is -1.30. The highest BCUT2D eigenvalue weighted by molar-refractivity contribution is 9.10. The number of hydrogen-bond acceptors (Lipinski definition) is 7. The van der Waals surface area contributed by atoms with Gasteiger partial charge < -0.3 is 10.6 Å². The molecule has 0 saturated carbocycles. The molecule has 28 heavy (non-hydrogen) atoms. The molecule has 0 bridgehead atoms. The number of nitrogens with zero attached hydrogens (tertiary/aromatic N) is 2. The first-order valence-corrected chi connectivity index (χ1v) is 12.2. The zero-order chi connectivity index (χ0) is 20.0. The lowest BCUT2D eigenvalue weighted by atomic mass is 10.0. The molecule has 154 valence electrons. The van der Waals surface area contributed by atoms with Gasteiger partial charge >= 0.3 is 0 Å². The maximum atomic E-state index is 14.4. The first-order valence-electron chi connectivity index (χ1n) is 9.19. The molecular formula is C17H23BrFN5O2S2.